The predicted molar refractivity (Wildman–Crippen MR) is 138 cm³/mol. The van der Waals surface area contributed by atoms with E-state index in [9.17, 15) is 23.4 Å². The summed E-state index contributed by atoms with van der Waals surface area (Å²) < 4.78 is 30.8. The Balaban J connectivity index is 1.61. The molecular weight excluding hydrogens is 486 g/mol. The quantitative estimate of drug-likeness (QED) is 0.355. The number of rotatable bonds is 7. The molecule has 4 rings (SSSR count). The summed E-state index contributed by atoms with van der Waals surface area (Å²) in [5.74, 6) is -0.983. The number of benzene rings is 2. The van der Waals surface area contributed by atoms with Crippen LogP contribution in [0.3, 0.4) is 0 Å². The van der Waals surface area contributed by atoms with Crippen molar-refractivity contribution < 1.29 is 28.2 Å². The highest BCUT2D eigenvalue weighted by molar-refractivity contribution is 7.74. The molecule has 0 unspecified atom stereocenters. The Labute approximate surface area is 210 Å². The van der Waals surface area contributed by atoms with Crippen LogP contribution in [0.4, 0.5) is 10.7 Å². The van der Waals surface area contributed by atoms with Crippen molar-refractivity contribution in [3.63, 3.8) is 0 Å². The van der Waals surface area contributed by atoms with Crippen molar-refractivity contribution in [2.24, 2.45) is 5.41 Å². The highest BCUT2D eigenvalue weighted by atomic mass is 32.2. The first-order valence-electron chi connectivity index (χ1n) is 11.3. The number of aromatic carboxylic acids is 1. The molecule has 186 valence electrons. The second-order valence-electron chi connectivity index (χ2n) is 9.65. The third-order valence-corrected chi connectivity index (χ3v) is 8.77. The Hall–Kier alpha value is -2.88. The molecule has 3 aromatic rings. The molecule has 1 aliphatic carbocycles. The van der Waals surface area contributed by atoms with Gasteiger partial charge in [-0.05, 0) is 72.6 Å². The molecule has 35 heavy (non-hydrogen) atoms. The number of anilines is 2. The summed E-state index contributed by atoms with van der Waals surface area (Å²) in [6.45, 7) is 4.47. The van der Waals surface area contributed by atoms with Gasteiger partial charge in [0.2, 0.25) is 10.9 Å². The first-order valence-corrected chi connectivity index (χ1v) is 13.3. The van der Waals surface area contributed by atoms with Crippen LogP contribution in [-0.4, -0.2) is 31.7 Å². The second kappa shape index (κ2) is 9.64. The molecule has 0 saturated heterocycles. The van der Waals surface area contributed by atoms with Crippen LogP contribution in [0.1, 0.15) is 55.5 Å². The number of methoxy groups -OCH3 is 1. The third-order valence-electron chi connectivity index (χ3n) is 6.76. The summed E-state index contributed by atoms with van der Waals surface area (Å²) in [5, 5.41) is 20.9. The minimum absolute atomic E-state index is 0.00168. The number of carbonyl (C=O) groups is 1. The van der Waals surface area contributed by atoms with Gasteiger partial charge in [0.15, 0.2) is 0 Å². The minimum atomic E-state index is -3.06. The Morgan fingerprint density at radius 3 is 2.23 bits per heavy atom. The highest BCUT2D eigenvalue weighted by Gasteiger charge is 2.37. The van der Waals surface area contributed by atoms with Crippen molar-refractivity contribution in [3.8, 4) is 16.2 Å². The predicted octanol–water partition coefficient (Wildman–Crippen LogP) is 5.57. The van der Waals surface area contributed by atoms with E-state index in [0.717, 1.165) is 46.0 Å². The van der Waals surface area contributed by atoms with E-state index < -0.39 is 22.5 Å². The maximum Gasteiger partial charge on any atom is 0.335 e. The Morgan fingerprint density at radius 1 is 1.00 bits per heavy atom. The number of thiophene rings is 1. The van der Waals surface area contributed by atoms with Crippen molar-refractivity contribution in [3.05, 3.63) is 65.7 Å². The van der Waals surface area contributed by atoms with Crippen LogP contribution in [0, 0.1) is 5.41 Å². The van der Waals surface area contributed by atoms with E-state index in [1.807, 2.05) is 30.3 Å². The van der Waals surface area contributed by atoms with E-state index in [2.05, 4.69) is 13.8 Å². The van der Waals surface area contributed by atoms with Gasteiger partial charge in [0.25, 0.3) is 0 Å². The molecule has 0 aliphatic heterocycles. The molecule has 2 N–H and O–H groups in total. The lowest BCUT2D eigenvalue weighted by atomic mass is 9.69. The lowest BCUT2D eigenvalue weighted by molar-refractivity contribution is -0.0305. The van der Waals surface area contributed by atoms with Gasteiger partial charge in [-0.25, -0.2) is 17.5 Å². The maximum absolute atomic E-state index is 12.2. The lowest BCUT2D eigenvalue weighted by Crippen LogP contribution is -2.34. The molecule has 0 atom stereocenters. The zero-order valence-electron chi connectivity index (χ0n) is 19.9. The Kier molecular flexibility index (Phi) is 6.95. The fourth-order valence-corrected chi connectivity index (χ4v) is 6.27. The summed E-state index contributed by atoms with van der Waals surface area (Å²) in [6, 6.07) is 15.4. The largest absolute Gasteiger partial charge is 0.495 e. The number of carboxylic acids is 1. The normalized spacial score (nSPS) is 16.7. The smallest absolute Gasteiger partial charge is 0.335 e. The summed E-state index contributed by atoms with van der Waals surface area (Å²) in [6.07, 6.45) is 3.41. The van der Waals surface area contributed by atoms with Crippen LogP contribution in [0.15, 0.2) is 54.6 Å². The zero-order valence-corrected chi connectivity index (χ0v) is 21.6. The molecule has 0 bridgehead atoms. The summed E-state index contributed by atoms with van der Waals surface area (Å²) in [7, 11) is -1.70. The number of hydrogen-bond acceptors (Lipinski definition) is 6. The summed E-state index contributed by atoms with van der Waals surface area (Å²) in [5.41, 5.74) is 1.50. The van der Waals surface area contributed by atoms with Gasteiger partial charge < -0.3 is 14.9 Å². The molecule has 0 radical (unpaired) electrons. The molecule has 0 amide bonds. The number of hydrogen-bond donors (Lipinski definition) is 3. The fourth-order valence-electron chi connectivity index (χ4n) is 4.44. The van der Waals surface area contributed by atoms with Gasteiger partial charge >= 0.3 is 5.97 Å². The SMILES string of the molecule is COc1cc(C(=O)O)ccc1N(c1ccc(-c2ccc(C3(O)CCC(C)(C)CC3)cc2)s1)[SH](=O)=O. The average Bonchev–Trinajstić information content (AvgIpc) is 3.31. The minimum Gasteiger partial charge on any atom is -0.495 e. The van der Waals surface area contributed by atoms with Crippen LogP contribution >= 0.6 is 11.3 Å². The van der Waals surface area contributed by atoms with Crippen molar-refractivity contribution in [2.45, 2.75) is 45.1 Å². The van der Waals surface area contributed by atoms with Crippen molar-refractivity contribution >= 4 is 38.9 Å². The summed E-state index contributed by atoms with van der Waals surface area (Å²) >= 11 is 1.29. The van der Waals surface area contributed by atoms with Gasteiger partial charge in [-0.3, -0.25) is 0 Å². The van der Waals surface area contributed by atoms with E-state index in [1.165, 1.54) is 36.6 Å². The molecule has 1 aromatic heterocycles. The molecule has 1 heterocycles. The lowest BCUT2D eigenvalue weighted by Gasteiger charge is -2.40. The Morgan fingerprint density at radius 2 is 1.66 bits per heavy atom. The van der Waals surface area contributed by atoms with E-state index in [4.69, 9.17) is 4.74 Å². The van der Waals surface area contributed by atoms with Crippen LogP contribution in [0.25, 0.3) is 10.4 Å². The van der Waals surface area contributed by atoms with Gasteiger partial charge in [-0.1, -0.05) is 38.1 Å². The highest BCUT2D eigenvalue weighted by Crippen LogP contribution is 2.46. The third kappa shape index (κ3) is 5.22. The van der Waals surface area contributed by atoms with Crippen molar-refractivity contribution in [1.82, 2.24) is 0 Å². The van der Waals surface area contributed by atoms with E-state index in [-0.39, 0.29) is 22.4 Å². The van der Waals surface area contributed by atoms with Gasteiger partial charge in [0, 0.05) is 4.88 Å². The molecule has 9 heteroatoms. The van der Waals surface area contributed by atoms with Gasteiger partial charge in [0.1, 0.15) is 10.8 Å². The first-order chi connectivity index (χ1) is 16.5. The number of carboxylic acid groups (broad SMARTS) is 1. The second-order valence-corrected chi connectivity index (χ2v) is 11.6. The van der Waals surface area contributed by atoms with Crippen molar-refractivity contribution in [1.29, 1.82) is 0 Å². The van der Waals surface area contributed by atoms with Crippen LogP contribution in [0.5, 0.6) is 5.75 Å². The van der Waals surface area contributed by atoms with Crippen LogP contribution in [0.2, 0.25) is 0 Å². The molecule has 1 saturated carbocycles. The standard InChI is InChI=1S/C26H29NO6S2/c1-25(2)12-14-26(30,15-13-25)19-7-4-17(5-8-19)22-10-11-23(34-22)27(35(31)32)20-9-6-18(24(28)29)16-21(20)33-3/h4-11,16,30,35H,12-15H2,1-3H3,(H,28,29). The number of thiol groups is 1. The topological polar surface area (TPSA) is 104 Å². The van der Waals surface area contributed by atoms with Crippen LogP contribution in [-0.2, 0) is 16.5 Å². The number of aliphatic hydroxyl groups is 1. The van der Waals surface area contributed by atoms with Gasteiger partial charge in [0.05, 0.1) is 24.0 Å². The van der Waals surface area contributed by atoms with Gasteiger partial charge in [-0.15, -0.1) is 11.3 Å². The molecule has 0 spiro atoms. The van der Waals surface area contributed by atoms with Gasteiger partial charge in [-0.2, -0.15) is 0 Å². The first kappa shape index (κ1) is 25.2. The molecule has 1 aliphatic rings. The average molecular weight is 516 g/mol. The zero-order chi connectivity index (χ0) is 25.4. The molecule has 1 fully saturated rings. The van der Waals surface area contributed by atoms with Crippen LogP contribution < -0.4 is 9.04 Å². The monoisotopic (exact) mass is 515 g/mol. The van der Waals surface area contributed by atoms with E-state index in [0.29, 0.717) is 5.00 Å². The number of nitrogens with zero attached hydrogens (tertiary/aromatic N) is 1. The summed E-state index contributed by atoms with van der Waals surface area (Å²) in [4.78, 5) is 12.2. The molecular formula is C26H29NO6S2. The van der Waals surface area contributed by atoms with E-state index >= 15 is 0 Å². The maximum atomic E-state index is 12.2. The fraction of sp³-hybridized carbons (Fsp3) is 0.346. The molecule has 7 nitrogen and oxygen atoms in total. The number of ether oxygens (including phenoxy) is 1. The Bertz CT molecular complexity index is 1290. The van der Waals surface area contributed by atoms with E-state index in [1.54, 1.807) is 6.07 Å². The molecule has 2 aromatic carbocycles. The van der Waals surface area contributed by atoms with Crippen molar-refractivity contribution in [2.75, 3.05) is 11.4 Å².